The molecular formula is C29H43N2O2+. The van der Waals surface area contributed by atoms with Crippen molar-refractivity contribution in [2.75, 3.05) is 39.3 Å². The molecular weight excluding hydrogens is 408 g/mol. The molecule has 180 valence electrons. The fraction of sp³-hybridized carbons (Fsp3) is 0.552. The van der Waals surface area contributed by atoms with E-state index in [2.05, 4.69) is 35.6 Å². The Bertz CT molecular complexity index is 772. The SMILES string of the molecule is C1CCNCC1.CC(C(=O)O)c1ccccc1.c1ccc(CC[N+]23CCC(CC2)CC3)cc1. The van der Waals surface area contributed by atoms with E-state index in [0.29, 0.717) is 0 Å². The van der Waals surface area contributed by atoms with E-state index in [1.54, 1.807) is 6.92 Å². The van der Waals surface area contributed by atoms with Gasteiger partial charge in [0.1, 0.15) is 0 Å². The van der Waals surface area contributed by atoms with Crippen LogP contribution < -0.4 is 5.32 Å². The number of carboxylic acids is 1. The van der Waals surface area contributed by atoms with Crippen LogP contribution in [0.5, 0.6) is 0 Å². The first-order valence-electron chi connectivity index (χ1n) is 13.0. The van der Waals surface area contributed by atoms with Crippen LogP contribution in [0.1, 0.15) is 62.5 Å². The monoisotopic (exact) mass is 451 g/mol. The molecule has 2 aromatic rings. The number of benzene rings is 2. The number of nitrogens with one attached hydrogen (secondary N) is 1. The minimum Gasteiger partial charge on any atom is -0.481 e. The maximum Gasteiger partial charge on any atom is 0.310 e. The number of quaternary nitrogens is 1. The highest BCUT2D eigenvalue weighted by atomic mass is 16.4. The molecule has 4 aliphatic rings. The Hall–Kier alpha value is -2.17. The predicted octanol–water partition coefficient (Wildman–Crippen LogP) is 5.49. The first-order chi connectivity index (χ1) is 16.1. The summed E-state index contributed by atoms with van der Waals surface area (Å²) in [4.78, 5) is 10.5. The molecule has 33 heavy (non-hydrogen) atoms. The third-order valence-corrected chi connectivity index (χ3v) is 7.63. The number of rotatable bonds is 5. The van der Waals surface area contributed by atoms with E-state index >= 15 is 0 Å². The molecule has 4 nitrogen and oxygen atoms in total. The maximum atomic E-state index is 10.5. The van der Waals surface area contributed by atoms with Crippen LogP contribution in [-0.4, -0.2) is 54.8 Å². The van der Waals surface area contributed by atoms with Crippen LogP contribution in [0.15, 0.2) is 60.7 Å². The van der Waals surface area contributed by atoms with Gasteiger partial charge in [0.05, 0.1) is 32.1 Å². The topological polar surface area (TPSA) is 49.3 Å². The first kappa shape index (κ1) is 25.5. The molecule has 4 heterocycles. The molecule has 2 aromatic carbocycles. The summed E-state index contributed by atoms with van der Waals surface area (Å²) >= 11 is 0. The fourth-order valence-electron chi connectivity index (χ4n) is 5.17. The number of nitrogens with zero attached hydrogens (tertiary/aromatic N) is 1. The highest BCUT2D eigenvalue weighted by molar-refractivity contribution is 5.75. The molecule has 2 bridgehead atoms. The lowest BCUT2D eigenvalue weighted by Gasteiger charge is -2.49. The van der Waals surface area contributed by atoms with Gasteiger partial charge in [0.15, 0.2) is 0 Å². The number of fused-ring (bicyclic) bond motifs is 3. The molecule has 0 spiro atoms. The molecule has 1 atom stereocenters. The van der Waals surface area contributed by atoms with Gasteiger partial charge in [-0.2, -0.15) is 0 Å². The average Bonchev–Trinajstić information content (AvgIpc) is 2.91. The second-order valence-corrected chi connectivity index (χ2v) is 9.98. The highest BCUT2D eigenvalue weighted by Gasteiger charge is 2.38. The Kier molecular flexibility index (Phi) is 10.4. The number of carbonyl (C=O) groups is 1. The Morgan fingerprint density at radius 1 is 0.909 bits per heavy atom. The zero-order valence-corrected chi connectivity index (χ0v) is 20.4. The number of carboxylic acid groups (broad SMARTS) is 1. The molecule has 0 amide bonds. The van der Waals surface area contributed by atoms with E-state index in [1.165, 1.54) is 94.3 Å². The largest absolute Gasteiger partial charge is 0.481 e. The van der Waals surface area contributed by atoms with Crippen molar-refractivity contribution >= 4 is 5.97 Å². The summed E-state index contributed by atoms with van der Waals surface area (Å²) in [6, 6.07) is 20.2. The summed E-state index contributed by atoms with van der Waals surface area (Å²) in [5.74, 6) is -0.107. The quantitative estimate of drug-likeness (QED) is 0.591. The molecule has 0 aliphatic carbocycles. The molecule has 4 saturated heterocycles. The van der Waals surface area contributed by atoms with Crippen LogP contribution in [0.4, 0.5) is 0 Å². The minimum atomic E-state index is -0.781. The molecule has 0 saturated carbocycles. The lowest BCUT2D eigenvalue weighted by molar-refractivity contribution is -0.942. The van der Waals surface area contributed by atoms with Gasteiger partial charge in [-0.1, -0.05) is 67.1 Å². The molecule has 0 aromatic heterocycles. The van der Waals surface area contributed by atoms with E-state index in [0.717, 1.165) is 11.5 Å². The molecule has 2 N–H and O–H groups in total. The molecule has 4 heteroatoms. The van der Waals surface area contributed by atoms with Crippen molar-refractivity contribution < 1.29 is 14.4 Å². The van der Waals surface area contributed by atoms with Gasteiger partial charge in [-0.15, -0.1) is 0 Å². The van der Waals surface area contributed by atoms with E-state index in [-0.39, 0.29) is 0 Å². The normalized spacial score (nSPS) is 24.5. The predicted molar refractivity (Wildman–Crippen MR) is 136 cm³/mol. The Morgan fingerprint density at radius 2 is 1.45 bits per heavy atom. The summed E-state index contributed by atoms with van der Waals surface area (Å²) in [5.41, 5.74) is 2.36. The van der Waals surface area contributed by atoms with Crippen molar-refractivity contribution in [1.29, 1.82) is 0 Å². The Labute approximate surface area is 200 Å². The van der Waals surface area contributed by atoms with Crippen LogP contribution in [-0.2, 0) is 11.2 Å². The van der Waals surface area contributed by atoms with Crippen LogP contribution in [0.2, 0.25) is 0 Å². The molecule has 4 fully saturated rings. The van der Waals surface area contributed by atoms with Gasteiger partial charge >= 0.3 is 5.97 Å². The minimum absolute atomic E-state index is 0.406. The van der Waals surface area contributed by atoms with Crippen LogP contribution in [0.25, 0.3) is 0 Å². The van der Waals surface area contributed by atoms with Crippen LogP contribution in [0.3, 0.4) is 0 Å². The number of aliphatic carboxylic acids is 1. The zero-order valence-electron chi connectivity index (χ0n) is 20.4. The maximum absolute atomic E-state index is 10.5. The zero-order chi connectivity index (χ0) is 23.4. The third-order valence-electron chi connectivity index (χ3n) is 7.63. The van der Waals surface area contributed by atoms with E-state index in [9.17, 15) is 4.79 Å². The molecule has 0 radical (unpaired) electrons. The summed E-state index contributed by atoms with van der Waals surface area (Å²) in [7, 11) is 0. The fourth-order valence-corrected chi connectivity index (χ4v) is 5.17. The second kappa shape index (κ2) is 13.5. The molecule has 1 unspecified atom stereocenters. The van der Waals surface area contributed by atoms with Crippen molar-refractivity contribution in [2.24, 2.45) is 5.92 Å². The van der Waals surface area contributed by atoms with Gasteiger partial charge < -0.3 is 14.9 Å². The summed E-state index contributed by atoms with van der Waals surface area (Å²) < 4.78 is 1.42. The Morgan fingerprint density at radius 3 is 1.91 bits per heavy atom. The number of hydrogen-bond donors (Lipinski definition) is 2. The summed E-state index contributed by atoms with van der Waals surface area (Å²) in [6.07, 6.45) is 9.97. The smallest absolute Gasteiger partial charge is 0.310 e. The van der Waals surface area contributed by atoms with Gasteiger partial charge in [0.25, 0.3) is 0 Å². The van der Waals surface area contributed by atoms with E-state index in [4.69, 9.17) is 5.11 Å². The Balaban J connectivity index is 0.000000156. The summed E-state index contributed by atoms with van der Waals surface area (Å²) in [6.45, 7) is 9.92. The van der Waals surface area contributed by atoms with Crippen molar-refractivity contribution in [2.45, 2.75) is 57.8 Å². The van der Waals surface area contributed by atoms with Crippen molar-refractivity contribution in [1.82, 2.24) is 5.32 Å². The molecule has 6 rings (SSSR count). The van der Waals surface area contributed by atoms with Crippen LogP contribution >= 0.6 is 0 Å². The van der Waals surface area contributed by atoms with Gasteiger partial charge in [-0.05, 0) is 69.2 Å². The van der Waals surface area contributed by atoms with Gasteiger partial charge in [-0.25, -0.2) is 0 Å². The van der Waals surface area contributed by atoms with E-state index in [1.807, 2.05) is 30.3 Å². The van der Waals surface area contributed by atoms with Gasteiger partial charge in [0, 0.05) is 6.42 Å². The van der Waals surface area contributed by atoms with Crippen molar-refractivity contribution in [3.05, 3.63) is 71.8 Å². The van der Waals surface area contributed by atoms with Gasteiger partial charge in [0.2, 0.25) is 0 Å². The van der Waals surface area contributed by atoms with Crippen LogP contribution in [0, 0.1) is 5.92 Å². The standard InChI is InChI=1S/C15H22N.C9H10O2.C5H11N/c1-2-4-14(5-3-1)6-10-16-11-7-15(8-12-16)9-13-16;1-7(9(10)11)8-5-3-2-4-6-8;1-2-4-6-5-3-1/h1-5,15H,6-13H2;2-7H,1H3,(H,10,11);6H,1-5H2/q+1;;. The lowest BCUT2D eigenvalue weighted by atomic mass is 9.85. The number of hydrogen-bond acceptors (Lipinski definition) is 2. The highest BCUT2D eigenvalue weighted by Crippen LogP contribution is 2.33. The lowest BCUT2D eigenvalue weighted by Crippen LogP contribution is -2.58. The summed E-state index contributed by atoms with van der Waals surface area (Å²) in [5, 5.41) is 11.9. The molecule has 4 aliphatic heterocycles. The average molecular weight is 452 g/mol. The van der Waals surface area contributed by atoms with Gasteiger partial charge in [-0.3, -0.25) is 4.79 Å². The first-order valence-corrected chi connectivity index (χ1v) is 13.0. The van der Waals surface area contributed by atoms with E-state index < -0.39 is 11.9 Å². The van der Waals surface area contributed by atoms with Crippen molar-refractivity contribution in [3.8, 4) is 0 Å². The second-order valence-electron chi connectivity index (χ2n) is 9.98. The van der Waals surface area contributed by atoms with Crippen molar-refractivity contribution in [3.63, 3.8) is 0 Å². The number of piperidine rings is 4. The third kappa shape index (κ3) is 8.60.